The number of hydrogen-bond acceptors (Lipinski definition) is 1. The van der Waals surface area contributed by atoms with Crippen molar-refractivity contribution in [1.29, 1.82) is 0 Å². The van der Waals surface area contributed by atoms with E-state index >= 15 is 0 Å². The zero-order valence-corrected chi connectivity index (χ0v) is 8.52. The Labute approximate surface area is 75.9 Å². The van der Waals surface area contributed by atoms with E-state index < -0.39 is 0 Å². The Morgan fingerprint density at radius 3 is 2.50 bits per heavy atom. The van der Waals surface area contributed by atoms with Crippen LogP contribution in [0.3, 0.4) is 0 Å². The van der Waals surface area contributed by atoms with Crippen LogP contribution in [0.2, 0.25) is 0 Å². The molecule has 0 aromatic carbocycles. The average Bonchev–Trinajstić information content (AvgIpc) is 2.00. The maximum Gasteiger partial charge on any atom is 0.158 e. The molecule has 0 spiro atoms. The number of carbonyl (C=O) groups is 1. The van der Waals surface area contributed by atoms with Crippen LogP contribution >= 0.6 is 0 Å². The molecule has 0 amide bonds. The molecule has 0 saturated carbocycles. The fraction of sp³-hybridized carbons (Fsp3) is 0.727. The second-order valence-corrected chi connectivity index (χ2v) is 3.66. The minimum atomic E-state index is 0.221. The van der Waals surface area contributed by atoms with Crippen molar-refractivity contribution < 1.29 is 4.79 Å². The van der Waals surface area contributed by atoms with Crippen LogP contribution in [0.5, 0.6) is 0 Å². The van der Waals surface area contributed by atoms with Crippen molar-refractivity contribution in [2.45, 2.75) is 46.5 Å². The maximum atomic E-state index is 11.2. The van der Waals surface area contributed by atoms with E-state index in [1.165, 1.54) is 12.8 Å². The summed E-state index contributed by atoms with van der Waals surface area (Å²) >= 11 is 0. The summed E-state index contributed by atoms with van der Waals surface area (Å²) in [6, 6.07) is 0. The first-order valence-electron chi connectivity index (χ1n) is 4.76. The lowest BCUT2D eigenvalue weighted by molar-refractivity contribution is -0.116. The van der Waals surface area contributed by atoms with E-state index in [1.807, 2.05) is 0 Å². The Bertz CT molecular complexity index is 158. The molecule has 1 atom stereocenters. The highest BCUT2D eigenvalue weighted by molar-refractivity contribution is 5.94. The van der Waals surface area contributed by atoms with Crippen LogP contribution in [0, 0.1) is 5.92 Å². The minimum absolute atomic E-state index is 0.221. The molecule has 1 nitrogen and oxygen atoms in total. The molecule has 0 heterocycles. The minimum Gasteiger partial charge on any atom is -0.295 e. The van der Waals surface area contributed by atoms with Crippen LogP contribution < -0.4 is 0 Å². The van der Waals surface area contributed by atoms with Crippen LogP contribution in [0.25, 0.3) is 0 Å². The molecule has 0 bridgehead atoms. The van der Waals surface area contributed by atoms with Gasteiger partial charge in [-0.25, -0.2) is 0 Å². The van der Waals surface area contributed by atoms with Gasteiger partial charge in [-0.3, -0.25) is 4.79 Å². The topological polar surface area (TPSA) is 17.1 Å². The molecule has 0 aromatic rings. The third-order valence-electron chi connectivity index (χ3n) is 2.06. The van der Waals surface area contributed by atoms with Gasteiger partial charge in [0, 0.05) is 6.42 Å². The van der Waals surface area contributed by atoms with Crippen molar-refractivity contribution in [2.75, 3.05) is 0 Å². The lowest BCUT2D eigenvalue weighted by Gasteiger charge is -2.08. The first-order chi connectivity index (χ1) is 5.57. The first-order valence-corrected chi connectivity index (χ1v) is 4.76. The fourth-order valence-corrected chi connectivity index (χ4v) is 1.15. The Kier molecular flexibility index (Phi) is 5.69. The molecule has 0 aromatic heterocycles. The SMILES string of the molecule is C=C(C)C(=O)CC(C)CCCC. The van der Waals surface area contributed by atoms with E-state index in [1.54, 1.807) is 6.92 Å². The van der Waals surface area contributed by atoms with Gasteiger partial charge in [-0.05, 0) is 18.4 Å². The van der Waals surface area contributed by atoms with Gasteiger partial charge in [-0.1, -0.05) is 39.7 Å². The molecule has 0 aliphatic rings. The number of allylic oxidation sites excluding steroid dienone is 1. The summed E-state index contributed by atoms with van der Waals surface area (Å²) < 4.78 is 0. The lowest BCUT2D eigenvalue weighted by atomic mass is 9.96. The Hall–Kier alpha value is -0.590. The summed E-state index contributed by atoms with van der Waals surface area (Å²) in [6.45, 7) is 9.73. The van der Waals surface area contributed by atoms with Gasteiger partial charge in [-0.15, -0.1) is 0 Å². The van der Waals surface area contributed by atoms with E-state index in [0.29, 0.717) is 17.9 Å². The fourth-order valence-electron chi connectivity index (χ4n) is 1.15. The molecular formula is C11H20O. The third-order valence-corrected chi connectivity index (χ3v) is 2.06. The smallest absolute Gasteiger partial charge is 0.158 e. The van der Waals surface area contributed by atoms with E-state index in [9.17, 15) is 4.79 Å². The molecular weight excluding hydrogens is 148 g/mol. The van der Waals surface area contributed by atoms with E-state index in [2.05, 4.69) is 20.4 Å². The Morgan fingerprint density at radius 1 is 1.50 bits per heavy atom. The maximum absolute atomic E-state index is 11.2. The van der Waals surface area contributed by atoms with Gasteiger partial charge in [0.25, 0.3) is 0 Å². The van der Waals surface area contributed by atoms with Gasteiger partial charge < -0.3 is 0 Å². The number of ketones is 1. The molecule has 1 unspecified atom stereocenters. The van der Waals surface area contributed by atoms with Crippen molar-refractivity contribution in [3.63, 3.8) is 0 Å². The lowest BCUT2D eigenvalue weighted by Crippen LogP contribution is -2.05. The Morgan fingerprint density at radius 2 is 2.08 bits per heavy atom. The predicted molar refractivity (Wildman–Crippen MR) is 53.1 cm³/mol. The van der Waals surface area contributed by atoms with Crippen LogP contribution in [0.4, 0.5) is 0 Å². The summed E-state index contributed by atoms with van der Waals surface area (Å²) in [4.78, 5) is 11.2. The van der Waals surface area contributed by atoms with Crippen molar-refractivity contribution in [2.24, 2.45) is 5.92 Å². The number of hydrogen-bond donors (Lipinski definition) is 0. The average molecular weight is 168 g/mol. The standard InChI is InChI=1S/C11H20O/c1-5-6-7-10(4)8-11(12)9(2)3/h10H,2,5-8H2,1,3-4H3. The summed E-state index contributed by atoms with van der Waals surface area (Å²) in [5.74, 6) is 0.743. The van der Waals surface area contributed by atoms with Crippen LogP contribution in [0.1, 0.15) is 46.5 Å². The summed E-state index contributed by atoms with van der Waals surface area (Å²) in [5.41, 5.74) is 0.693. The van der Waals surface area contributed by atoms with Crippen molar-refractivity contribution in [3.8, 4) is 0 Å². The molecule has 0 fully saturated rings. The van der Waals surface area contributed by atoms with Crippen LogP contribution in [-0.4, -0.2) is 5.78 Å². The summed E-state index contributed by atoms with van der Waals surface area (Å²) in [7, 11) is 0. The zero-order valence-electron chi connectivity index (χ0n) is 8.52. The molecule has 70 valence electrons. The van der Waals surface area contributed by atoms with Crippen molar-refractivity contribution in [3.05, 3.63) is 12.2 Å². The molecule has 0 saturated heterocycles. The van der Waals surface area contributed by atoms with Gasteiger partial charge in [0.2, 0.25) is 0 Å². The first kappa shape index (κ1) is 11.4. The van der Waals surface area contributed by atoms with Gasteiger partial charge in [-0.2, -0.15) is 0 Å². The van der Waals surface area contributed by atoms with Gasteiger partial charge in [0.1, 0.15) is 0 Å². The molecule has 1 heteroatoms. The highest BCUT2D eigenvalue weighted by Crippen LogP contribution is 2.13. The molecule has 0 radical (unpaired) electrons. The quantitative estimate of drug-likeness (QED) is 0.556. The van der Waals surface area contributed by atoms with Crippen molar-refractivity contribution >= 4 is 5.78 Å². The highest BCUT2D eigenvalue weighted by atomic mass is 16.1. The monoisotopic (exact) mass is 168 g/mol. The van der Waals surface area contributed by atoms with E-state index in [0.717, 1.165) is 6.42 Å². The number of carbonyl (C=O) groups excluding carboxylic acids is 1. The van der Waals surface area contributed by atoms with Gasteiger partial charge >= 0.3 is 0 Å². The van der Waals surface area contributed by atoms with Gasteiger partial charge in [0.05, 0.1) is 0 Å². The van der Waals surface area contributed by atoms with Gasteiger partial charge in [0.15, 0.2) is 5.78 Å². The number of rotatable bonds is 6. The second kappa shape index (κ2) is 5.99. The second-order valence-electron chi connectivity index (χ2n) is 3.66. The van der Waals surface area contributed by atoms with Crippen molar-refractivity contribution in [1.82, 2.24) is 0 Å². The van der Waals surface area contributed by atoms with E-state index in [4.69, 9.17) is 0 Å². The summed E-state index contributed by atoms with van der Waals surface area (Å²) in [5, 5.41) is 0. The number of unbranched alkanes of at least 4 members (excludes halogenated alkanes) is 1. The predicted octanol–water partition coefficient (Wildman–Crippen LogP) is 3.35. The highest BCUT2D eigenvalue weighted by Gasteiger charge is 2.08. The normalized spacial score (nSPS) is 12.6. The largest absolute Gasteiger partial charge is 0.295 e. The summed E-state index contributed by atoms with van der Waals surface area (Å²) in [6.07, 6.45) is 4.28. The third kappa shape index (κ3) is 5.11. The molecule has 0 aliphatic heterocycles. The van der Waals surface area contributed by atoms with Crippen LogP contribution in [-0.2, 0) is 4.79 Å². The Balaban J connectivity index is 3.61. The zero-order chi connectivity index (χ0) is 9.56. The molecule has 0 rings (SSSR count). The molecule has 0 N–H and O–H groups in total. The number of Topliss-reactive ketones (excluding diaryl/α,β-unsaturated/α-hetero) is 1. The molecule has 12 heavy (non-hydrogen) atoms. The van der Waals surface area contributed by atoms with Crippen LogP contribution in [0.15, 0.2) is 12.2 Å². The molecule has 0 aliphatic carbocycles. The van der Waals surface area contributed by atoms with E-state index in [-0.39, 0.29) is 5.78 Å².